The van der Waals surface area contributed by atoms with Crippen molar-refractivity contribution in [1.29, 1.82) is 5.41 Å². The van der Waals surface area contributed by atoms with E-state index in [4.69, 9.17) is 61.3 Å². The van der Waals surface area contributed by atoms with Crippen LogP contribution in [0.1, 0.15) is 20.8 Å². The molecule has 24 heavy (non-hydrogen) atoms. The first-order valence-electron chi connectivity index (χ1n) is 7.03. The number of hydrogen-bond donors (Lipinski definition) is 3. The quantitative estimate of drug-likeness (QED) is 0.296. The maximum absolute atomic E-state index is 7.47. The number of rotatable bonds is 6. The number of halogens is 3. The van der Waals surface area contributed by atoms with E-state index in [9.17, 15) is 0 Å². The second-order valence-corrected chi connectivity index (χ2v) is 6.44. The smallest absolute Gasteiger partial charge is 0.240 e. The Bertz CT molecular complexity index is 625. The molecule has 0 saturated heterocycles. The second-order valence-electron chi connectivity index (χ2n) is 5.22. The topological polar surface area (TPSA) is 110 Å². The standard InChI is InChI=1S/C14H20Cl3N5O2/c1-7(2)22(13(18)19)14(20)21-23-6-8(3)24-12-5-10(16)9(15)4-11(12)17/h4-5,7-8H,6H2,1-3H3,(H3,18,19)(H2,20,21). The van der Waals surface area contributed by atoms with Crippen LogP contribution in [0, 0.1) is 5.41 Å². The summed E-state index contributed by atoms with van der Waals surface area (Å²) in [6.07, 6.45) is -0.388. The fourth-order valence-electron chi connectivity index (χ4n) is 1.76. The van der Waals surface area contributed by atoms with Crippen molar-refractivity contribution >= 4 is 46.7 Å². The predicted octanol–water partition coefficient (Wildman–Crippen LogP) is 3.26. The van der Waals surface area contributed by atoms with Gasteiger partial charge in [-0.3, -0.25) is 10.3 Å². The highest BCUT2D eigenvalue weighted by molar-refractivity contribution is 6.43. The third-order valence-electron chi connectivity index (χ3n) is 2.79. The first kappa shape index (κ1) is 20.5. The van der Waals surface area contributed by atoms with Crippen LogP contribution in [0.4, 0.5) is 0 Å². The highest BCUT2D eigenvalue weighted by Crippen LogP contribution is 2.34. The molecule has 0 saturated carbocycles. The summed E-state index contributed by atoms with van der Waals surface area (Å²) < 4.78 is 5.63. The minimum Gasteiger partial charge on any atom is -0.485 e. The molecule has 0 aliphatic rings. The first-order valence-corrected chi connectivity index (χ1v) is 8.16. The Kier molecular flexibility index (Phi) is 7.72. The number of nitrogens with two attached hydrogens (primary N) is 2. The van der Waals surface area contributed by atoms with Crippen molar-refractivity contribution in [3.8, 4) is 5.75 Å². The van der Waals surface area contributed by atoms with Gasteiger partial charge in [-0.05, 0) is 32.0 Å². The number of benzene rings is 1. The van der Waals surface area contributed by atoms with E-state index >= 15 is 0 Å². The SMILES string of the molecule is CC(CON=C(N)N(C(=N)N)C(C)C)Oc1cc(Cl)c(Cl)cc1Cl. The van der Waals surface area contributed by atoms with E-state index in [0.29, 0.717) is 20.8 Å². The number of oxime groups is 1. The van der Waals surface area contributed by atoms with Crippen molar-refractivity contribution in [2.45, 2.75) is 32.9 Å². The Morgan fingerprint density at radius 2 is 1.75 bits per heavy atom. The molecule has 10 heteroatoms. The van der Waals surface area contributed by atoms with E-state index in [0.717, 1.165) is 0 Å². The Balaban J connectivity index is 2.63. The second kappa shape index (κ2) is 9.05. The van der Waals surface area contributed by atoms with Crippen molar-refractivity contribution in [2.75, 3.05) is 6.61 Å². The van der Waals surface area contributed by atoms with Gasteiger partial charge in [0.2, 0.25) is 5.96 Å². The van der Waals surface area contributed by atoms with Gasteiger partial charge in [0.25, 0.3) is 0 Å². The van der Waals surface area contributed by atoms with Crippen LogP contribution in [0.15, 0.2) is 17.3 Å². The van der Waals surface area contributed by atoms with Crippen molar-refractivity contribution in [3.63, 3.8) is 0 Å². The lowest BCUT2D eigenvalue weighted by Crippen LogP contribution is -2.49. The zero-order valence-corrected chi connectivity index (χ0v) is 15.8. The molecule has 5 N–H and O–H groups in total. The minimum absolute atomic E-state index is 0.0164. The molecule has 0 radical (unpaired) electrons. The summed E-state index contributed by atoms with van der Waals surface area (Å²) in [6, 6.07) is 2.90. The van der Waals surface area contributed by atoms with Gasteiger partial charge < -0.3 is 21.0 Å². The molecule has 0 aromatic heterocycles. The van der Waals surface area contributed by atoms with Crippen LogP contribution in [0.2, 0.25) is 15.1 Å². The predicted molar refractivity (Wildman–Crippen MR) is 98.0 cm³/mol. The number of nitrogens with zero attached hydrogens (tertiary/aromatic N) is 2. The highest BCUT2D eigenvalue weighted by atomic mass is 35.5. The maximum Gasteiger partial charge on any atom is 0.240 e. The normalized spacial score (nSPS) is 12.9. The molecule has 0 bridgehead atoms. The molecular formula is C14H20Cl3N5O2. The molecule has 1 rings (SSSR count). The van der Waals surface area contributed by atoms with Crippen molar-refractivity contribution < 1.29 is 9.57 Å². The van der Waals surface area contributed by atoms with Crippen molar-refractivity contribution in [3.05, 3.63) is 27.2 Å². The van der Waals surface area contributed by atoms with Crippen molar-refractivity contribution in [2.24, 2.45) is 16.6 Å². The van der Waals surface area contributed by atoms with E-state index in [1.165, 1.54) is 17.0 Å². The van der Waals surface area contributed by atoms with Crippen LogP contribution in [0.5, 0.6) is 5.75 Å². The number of guanidine groups is 2. The number of ether oxygens (including phenoxy) is 1. The maximum atomic E-state index is 7.47. The van der Waals surface area contributed by atoms with Gasteiger partial charge in [0, 0.05) is 12.1 Å². The summed E-state index contributed by atoms with van der Waals surface area (Å²) in [7, 11) is 0. The summed E-state index contributed by atoms with van der Waals surface area (Å²) in [4.78, 5) is 6.47. The summed E-state index contributed by atoms with van der Waals surface area (Å²) in [5, 5.41) is 12.2. The van der Waals surface area contributed by atoms with Crippen molar-refractivity contribution in [1.82, 2.24) is 4.90 Å². The molecule has 0 aliphatic heterocycles. The molecule has 1 atom stereocenters. The molecule has 0 heterocycles. The first-order chi connectivity index (χ1) is 11.1. The Hall–Kier alpha value is -1.57. The third kappa shape index (κ3) is 5.81. The van der Waals surface area contributed by atoms with Gasteiger partial charge in [0.15, 0.2) is 12.6 Å². The van der Waals surface area contributed by atoms with Gasteiger partial charge >= 0.3 is 0 Å². The van der Waals surface area contributed by atoms with Crippen LogP contribution in [-0.2, 0) is 4.84 Å². The van der Waals surface area contributed by atoms with Gasteiger partial charge in [-0.15, -0.1) is 0 Å². The minimum atomic E-state index is -0.388. The fourth-order valence-corrected chi connectivity index (χ4v) is 2.35. The molecule has 1 aromatic rings. The Morgan fingerprint density at radius 3 is 2.29 bits per heavy atom. The lowest BCUT2D eigenvalue weighted by atomic mass is 10.3. The summed E-state index contributed by atoms with van der Waals surface area (Å²) in [5.74, 6) is 0.144. The molecule has 1 unspecified atom stereocenters. The average Bonchev–Trinajstić information content (AvgIpc) is 2.43. The van der Waals surface area contributed by atoms with E-state index in [1.807, 2.05) is 13.8 Å². The monoisotopic (exact) mass is 395 g/mol. The molecule has 134 valence electrons. The van der Waals surface area contributed by atoms with Gasteiger partial charge in [-0.1, -0.05) is 34.8 Å². The van der Waals surface area contributed by atoms with Crippen LogP contribution in [0.3, 0.4) is 0 Å². The van der Waals surface area contributed by atoms with E-state index < -0.39 is 0 Å². The van der Waals surface area contributed by atoms with E-state index in [1.54, 1.807) is 6.92 Å². The summed E-state index contributed by atoms with van der Waals surface area (Å²) in [5.41, 5.74) is 11.2. The average molecular weight is 397 g/mol. The molecule has 7 nitrogen and oxygen atoms in total. The zero-order chi connectivity index (χ0) is 18.4. The van der Waals surface area contributed by atoms with Crippen LogP contribution in [0.25, 0.3) is 0 Å². The molecular weight excluding hydrogens is 377 g/mol. The molecule has 1 aromatic carbocycles. The number of nitrogens with one attached hydrogen (secondary N) is 1. The zero-order valence-electron chi connectivity index (χ0n) is 13.5. The summed E-state index contributed by atoms with van der Waals surface area (Å²) in [6.45, 7) is 5.50. The van der Waals surface area contributed by atoms with Crippen LogP contribution in [-0.4, -0.2) is 35.6 Å². The largest absolute Gasteiger partial charge is 0.485 e. The van der Waals surface area contributed by atoms with Crippen LogP contribution < -0.4 is 16.2 Å². The highest BCUT2D eigenvalue weighted by Gasteiger charge is 2.16. The molecule has 0 fully saturated rings. The van der Waals surface area contributed by atoms with Gasteiger partial charge in [0.05, 0.1) is 15.1 Å². The lowest BCUT2D eigenvalue weighted by Gasteiger charge is -2.24. The molecule has 0 spiro atoms. The fraction of sp³-hybridized carbons (Fsp3) is 0.429. The summed E-state index contributed by atoms with van der Waals surface area (Å²) >= 11 is 17.8. The van der Waals surface area contributed by atoms with E-state index in [-0.39, 0.29) is 30.7 Å². The van der Waals surface area contributed by atoms with Gasteiger partial charge in [-0.25, -0.2) is 0 Å². The molecule has 0 amide bonds. The number of hydrogen-bond acceptors (Lipinski definition) is 4. The van der Waals surface area contributed by atoms with Crippen LogP contribution >= 0.6 is 34.8 Å². The van der Waals surface area contributed by atoms with Gasteiger partial charge in [-0.2, -0.15) is 0 Å². The molecule has 0 aliphatic carbocycles. The lowest BCUT2D eigenvalue weighted by molar-refractivity contribution is 0.0610. The van der Waals surface area contributed by atoms with E-state index in [2.05, 4.69) is 5.16 Å². The third-order valence-corrected chi connectivity index (χ3v) is 3.81. The Labute approximate surface area is 155 Å². The Morgan fingerprint density at radius 1 is 1.17 bits per heavy atom. The van der Waals surface area contributed by atoms with Gasteiger partial charge in [0.1, 0.15) is 11.9 Å².